The molecule has 0 aliphatic rings. The lowest BCUT2D eigenvalue weighted by Crippen LogP contribution is -2.31. The normalized spacial score (nSPS) is 11.8. The molecule has 1 unspecified atom stereocenters. The summed E-state index contributed by atoms with van der Waals surface area (Å²) in [6.45, 7) is 1.78. The number of benzene rings is 2. The molecule has 0 aliphatic heterocycles. The van der Waals surface area contributed by atoms with Gasteiger partial charge in [-0.25, -0.2) is 0 Å². The van der Waals surface area contributed by atoms with Crippen molar-refractivity contribution in [1.82, 2.24) is 0 Å². The van der Waals surface area contributed by atoms with Gasteiger partial charge in [0.1, 0.15) is 6.04 Å². The van der Waals surface area contributed by atoms with E-state index < -0.39 is 6.04 Å². The summed E-state index contributed by atoms with van der Waals surface area (Å²) in [7, 11) is 0. The number of nitrogens with one attached hydrogen (secondary N) is 2. The van der Waals surface area contributed by atoms with Crippen LogP contribution >= 0.6 is 23.2 Å². The van der Waals surface area contributed by atoms with Gasteiger partial charge in [-0.1, -0.05) is 41.4 Å². The minimum Gasteiger partial charge on any atom is -0.374 e. The van der Waals surface area contributed by atoms with Crippen LogP contribution in [0.2, 0.25) is 10.0 Å². The van der Waals surface area contributed by atoms with Crippen molar-refractivity contribution in [3.8, 4) is 0 Å². The standard InChI is InChI=1S/C15H14Cl2N2O/c1-10(15(20)19-11-5-3-2-4-6-11)18-12-7-8-13(16)14(17)9-12/h2-10,18H,1H3,(H,19,20). The number of rotatable bonds is 4. The highest BCUT2D eigenvalue weighted by atomic mass is 35.5. The van der Waals surface area contributed by atoms with Gasteiger partial charge in [-0.2, -0.15) is 0 Å². The van der Waals surface area contributed by atoms with E-state index in [4.69, 9.17) is 23.2 Å². The van der Waals surface area contributed by atoms with Gasteiger partial charge in [-0.05, 0) is 37.3 Å². The average Bonchev–Trinajstić information content (AvgIpc) is 2.44. The fraction of sp³-hybridized carbons (Fsp3) is 0.133. The number of para-hydroxylation sites is 1. The third-order valence-electron chi connectivity index (χ3n) is 2.74. The topological polar surface area (TPSA) is 41.1 Å². The second-order valence-electron chi connectivity index (χ2n) is 4.35. The van der Waals surface area contributed by atoms with Gasteiger partial charge in [0.05, 0.1) is 10.0 Å². The molecule has 0 aliphatic carbocycles. The molecule has 2 rings (SSSR count). The molecule has 0 heterocycles. The summed E-state index contributed by atoms with van der Waals surface area (Å²) < 4.78 is 0. The van der Waals surface area contributed by atoms with Crippen LogP contribution in [0.15, 0.2) is 48.5 Å². The Morgan fingerprint density at radius 1 is 1.00 bits per heavy atom. The van der Waals surface area contributed by atoms with E-state index in [2.05, 4.69) is 10.6 Å². The van der Waals surface area contributed by atoms with Gasteiger partial charge in [0, 0.05) is 11.4 Å². The predicted octanol–water partition coefficient (Wildman–Crippen LogP) is 4.43. The number of amides is 1. The first kappa shape index (κ1) is 14.7. The fourth-order valence-electron chi connectivity index (χ4n) is 1.67. The van der Waals surface area contributed by atoms with Gasteiger partial charge in [0.2, 0.25) is 5.91 Å². The Bertz CT molecular complexity index is 602. The van der Waals surface area contributed by atoms with Crippen LogP contribution in [-0.2, 0) is 4.79 Å². The van der Waals surface area contributed by atoms with Crippen molar-refractivity contribution in [2.24, 2.45) is 0 Å². The predicted molar refractivity (Wildman–Crippen MR) is 84.6 cm³/mol. The summed E-state index contributed by atoms with van der Waals surface area (Å²) in [4.78, 5) is 12.0. The minimum atomic E-state index is -0.396. The SMILES string of the molecule is CC(Nc1ccc(Cl)c(Cl)c1)C(=O)Nc1ccccc1. The fourth-order valence-corrected chi connectivity index (χ4v) is 1.97. The molecule has 2 aromatic carbocycles. The lowest BCUT2D eigenvalue weighted by atomic mass is 10.2. The first-order valence-corrected chi connectivity index (χ1v) is 6.89. The molecule has 5 heteroatoms. The van der Waals surface area contributed by atoms with Gasteiger partial charge >= 0.3 is 0 Å². The monoisotopic (exact) mass is 308 g/mol. The van der Waals surface area contributed by atoms with Crippen LogP contribution in [0.3, 0.4) is 0 Å². The van der Waals surface area contributed by atoms with Crippen molar-refractivity contribution in [1.29, 1.82) is 0 Å². The first-order valence-electron chi connectivity index (χ1n) is 6.14. The molecule has 104 valence electrons. The first-order chi connectivity index (χ1) is 9.56. The van der Waals surface area contributed by atoms with E-state index in [1.807, 2.05) is 30.3 Å². The van der Waals surface area contributed by atoms with Crippen LogP contribution in [0.25, 0.3) is 0 Å². The number of hydrogen-bond donors (Lipinski definition) is 2. The molecule has 0 radical (unpaired) electrons. The van der Waals surface area contributed by atoms with E-state index in [0.717, 1.165) is 11.4 Å². The molecule has 2 N–H and O–H groups in total. The van der Waals surface area contributed by atoms with Gasteiger partial charge in [-0.3, -0.25) is 4.79 Å². The maximum absolute atomic E-state index is 12.0. The Morgan fingerprint density at radius 2 is 1.70 bits per heavy atom. The Labute approximate surface area is 127 Å². The van der Waals surface area contributed by atoms with Crippen LogP contribution in [0.1, 0.15) is 6.92 Å². The molecule has 2 aromatic rings. The van der Waals surface area contributed by atoms with Crippen LogP contribution < -0.4 is 10.6 Å². The summed E-state index contributed by atoms with van der Waals surface area (Å²) in [5.74, 6) is -0.123. The number of carbonyl (C=O) groups excluding carboxylic acids is 1. The van der Waals surface area contributed by atoms with E-state index in [1.165, 1.54) is 0 Å². The summed E-state index contributed by atoms with van der Waals surface area (Å²) in [6.07, 6.45) is 0. The molecule has 0 saturated carbocycles. The largest absolute Gasteiger partial charge is 0.374 e. The van der Waals surface area contributed by atoms with E-state index >= 15 is 0 Å². The van der Waals surface area contributed by atoms with E-state index in [1.54, 1.807) is 25.1 Å². The molecule has 0 spiro atoms. The number of hydrogen-bond acceptors (Lipinski definition) is 2. The molecule has 1 amide bonds. The third kappa shape index (κ3) is 3.89. The van der Waals surface area contributed by atoms with E-state index in [0.29, 0.717) is 10.0 Å². The zero-order chi connectivity index (χ0) is 14.5. The van der Waals surface area contributed by atoms with Crippen LogP contribution in [0.5, 0.6) is 0 Å². The van der Waals surface area contributed by atoms with Crippen LogP contribution in [-0.4, -0.2) is 11.9 Å². The Kier molecular flexibility index (Phi) is 4.88. The average molecular weight is 309 g/mol. The highest BCUT2D eigenvalue weighted by Crippen LogP contribution is 2.25. The van der Waals surface area contributed by atoms with Gasteiger partial charge in [0.25, 0.3) is 0 Å². The van der Waals surface area contributed by atoms with Gasteiger partial charge in [-0.15, -0.1) is 0 Å². The van der Waals surface area contributed by atoms with Crippen molar-refractivity contribution in [3.05, 3.63) is 58.6 Å². The van der Waals surface area contributed by atoms with Crippen molar-refractivity contribution in [3.63, 3.8) is 0 Å². The molecule has 20 heavy (non-hydrogen) atoms. The molecule has 0 saturated heterocycles. The lowest BCUT2D eigenvalue weighted by molar-refractivity contribution is -0.116. The second kappa shape index (κ2) is 6.64. The van der Waals surface area contributed by atoms with Gasteiger partial charge < -0.3 is 10.6 Å². The Morgan fingerprint density at radius 3 is 2.35 bits per heavy atom. The van der Waals surface area contributed by atoms with Crippen LogP contribution in [0.4, 0.5) is 11.4 Å². The third-order valence-corrected chi connectivity index (χ3v) is 3.48. The number of halogens is 2. The van der Waals surface area contributed by atoms with Crippen molar-refractivity contribution in [2.45, 2.75) is 13.0 Å². The molecule has 0 bridgehead atoms. The number of anilines is 2. The minimum absolute atomic E-state index is 0.123. The Hall–Kier alpha value is -1.71. The summed E-state index contributed by atoms with van der Waals surface area (Å²) in [5, 5.41) is 6.84. The van der Waals surface area contributed by atoms with Crippen LogP contribution in [0, 0.1) is 0 Å². The molecule has 0 aromatic heterocycles. The quantitative estimate of drug-likeness (QED) is 0.877. The van der Waals surface area contributed by atoms with Crippen molar-refractivity contribution in [2.75, 3.05) is 10.6 Å². The van der Waals surface area contributed by atoms with Crippen molar-refractivity contribution < 1.29 is 4.79 Å². The van der Waals surface area contributed by atoms with Crippen molar-refractivity contribution >= 4 is 40.5 Å². The van der Waals surface area contributed by atoms with E-state index in [9.17, 15) is 4.79 Å². The highest BCUT2D eigenvalue weighted by molar-refractivity contribution is 6.42. The molecule has 0 fully saturated rings. The Balaban J connectivity index is 1.98. The molecular formula is C15H14Cl2N2O. The molecule has 3 nitrogen and oxygen atoms in total. The smallest absolute Gasteiger partial charge is 0.246 e. The van der Waals surface area contributed by atoms with E-state index in [-0.39, 0.29) is 5.91 Å². The second-order valence-corrected chi connectivity index (χ2v) is 5.16. The summed E-state index contributed by atoms with van der Waals surface area (Å²) in [6, 6.07) is 14.1. The maximum atomic E-state index is 12.0. The highest BCUT2D eigenvalue weighted by Gasteiger charge is 2.13. The zero-order valence-corrected chi connectivity index (χ0v) is 12.4. The summed E-state index contributed by atoms with van der Waals surface area (Å²) >= 11 is 11.8. The zero-order valence-electron chi connectivity index (χ0n) is 10.9. The lowest BCUT2D eigenvalue weighted by Gasteiger charge is -2.15. The summed E-state index contributed by atoms with van der Waals surface area (Å²) in [5.41, 5.74) is 1.51. The molecule has 1 atom stereocenters. The molecular weight excluding hydrogens is 295 g/mol. The number of carbonyl (C=O) groups is 1. The maximum Gasteiger partial charge on any atom is 0.246 e. The van der Waals surface area contributed by atoms with Gasteiger partial charge in [0.15, 0.2) is 0 Å².